The van der Waals surface area contributed by atoms with Crippen LogP contribution in [-0.4, -0.2) is 77.7 Å². The molecule has 9 nitrogen and oxygen atoms in total. The number of fused-ring (bicyclic) bond motifs is 3. The molecule has 176 valence electrons. The number of H-pyrrole nitrogens is 1. The second kappa shape index (κ2) is 9.24. The maximum absolute atomic E-state index is 13.1. The minimum absolute atomic E-state index is 0.104. The molecule has 2 N–H and O–H groups in total. The molecule has 3 aromatic rings. The van der Waals surface area contributed by atoms with E-state index in [9.17, 15) is 9.59 Å². The van der Waals surface area contributed by atoms with E-state index in [1.165, 1.54) is 0 Å². The zero-order chi connectivity index (χ0) is 22.9. The van der Waals surface area contributed by atoms with E-state index in [4.69, 9.17) is 9.47 Å². The highest BCUT2D eigenvalue weighted by Gasteiger charge is 2.25. The van der Waals surface area contributed by atoms with Gasteiger partial charge in [-0.05, 0) is 44.4 Å². The first-order valence-electron chi connectivity index (χ1n) is 11.7. The van der Waals surface area contributed by atoms with Crippen molar-refractivity contribution >= 4 is 27.7 Å². The number of aromatic nitrogens is 3. The molecular weight excluding hydrogens is 422 g/mol. The molecule has 4 heterocycles. The largest absolute Gasteiger partial charge is 0.379 e. The lowest BCUT2D eigenvalue weighted by molar-refractivity contribution is 0.00446. The Hall–Kier alpha value is -2.75. The van der Waals surface area contributed by atoms with Gasteiger partial charge in [0.1, 0.15) is 0 Å². The van der Waals surface area contributed by atoms with E-state index in [1.807, 2.05) is 23.7 Å². The lowest BCUT2D eigenvalue weighted by atomic mass is 10.0. The van der Waals surface area contributed by atoms with E-state index < -0.39 is 0 Å². The highest BCUT2D eigenvalue weighted by Crippen LogP contribution is 2.31. The molecule has 9 heteroatoms. The van der Waals surface area contributed by atoms with E-state index in [0.29, 0.717) is 24.1 Å². The number of hydrogen-bond acceptors (Lipinski definition) is 6. The van der Waals surface area contributed by atoms with Crippen LogP contribution < -0.4 is 10.9 Å². The summed E-state index contributed by atoms with van der Waals surface area (Å²) in [5.41, 5.74) is 2.79. The van der Waals surface area contributed by atoms with Crippen molar-refractivity contribution in [1.82, 2.24) is 25.0 Å². The van der Waals surface area contributed by atoms with Crippen molar-refractivity contribution in [2.75, 3.05) is 46.0 Å². The van der Waals surface area contributed by atoms with Crippen LogP contribution in [0.2, 0.25) is 0 Å². The van der Waals surface area contributed by atoms with Gasteiger partial charge in [0.15, 0.2) is 0 Å². The summed E-state index contributed by atoms with van der Waals surface area (Å²) in [6, 6.07) is 3.94. The smallest absolute Gasteiger partial charge is 0.259 e. The second-order valence-electron chi connectivity index (χ2n) is 9.09. The Morgan fingerprint density at radius 3 is 2.85 bits per heavy atom. The molecule has 1 amide bonds. The molecule has 0 aliphatic carbocycles. The van der Waals surface area contributed by atoms with Crippen LogP contribution in [0.3, 0.4) is 0 Å². The summed E-state index contributed by atoms with van der Waals surface area (Å²) in [7, 11) is 0. The number of hydrogen-bond donors (Lipinski definition) is 2. The third-order valence-electron chi connectivity index (χ3n) is 6.77. The summed E-state index contributed by atoms with van der Waals surface area (Å²) >= 11 is 0. The Kier molecular flexibility index (Phi) is 6.18. The van der Waals surface area contributed by atoms with Crippen LogP contribution in [-0.2, 0) is 9.47 Å². The SMILES string of the molecule is Cc1cc2[nH]c(=O)c3cnn(C4CCO[C@@H](C)C4)c3c2cc1C(=O)NCCN1CCOCC1. The third kappa shape index (κ3) is 4.40. The van der Waals surface area contributed by atoms with Crippen LogP contribution in [0.5, 0.6) is 0 Å². The molecule has 0 saturated carbocycles. The average Bonchev–Trinajstić information content (AvgIpc) is 3.26. The summed E-state index contributed by atoms with van der Waals surface area (Å²) in [5, 5.41) is 9.03. The van der Waals surface area contributed by atoms with Gasteiger partial charge in [-0.1, -0.05) is 0 Å². The molecule has 2 atom stereocenters. The summed E-state index contributed by atoms with van der Waals surface area (Å²) in [5.74, 6) is -0.104. The van der Waals surface area contributed by atoms with Gasteiger partial charge in [-0.15, -0.1) is 0 Å². The number of aryl methyl sites for hydroxylation is 1. The van der Waals surface area contributed by atoms with Crippen LogP contribution in [0.15, 0.2) is 23.1 Å². The minimum Gasteiger partial charge on any atom is -0.379 e. The van der Waals surface area contributed by atoms with Crippen molar-refractivity contribution in [3.63, 3.8) is 0 Å². The molecule has 0 radical (unpaired) electrons. The monoisotopic (exact) mass is 453 g/mol. The molecule has 2 aliphatic heterocycles. The van der Waals surface area contributed by atoms with Gasteiger partial charge in [-0.2, -0.15) is 5.10 Å². The van der Waals surface area contributed by atoms with E-state index in [2.05, 4.69) is 27.2 Å². The van der Waals surface area contributed by atoms with Gasteiger partial charge in [0, 0.05) is 43.7 Å². The molecule has 2 saturated heterocycles. The number of ether oxygens (including phenoxy) is 2. The summed E-state index contributed by atoms with van der Waals surface area (Å²) < 4.78 is 13.0. The molecule has 33 heavy (non-hydrogen) atoms. The predicted octanol–water partition coefficient (Wildman–Crippen LogP) is 1.99. The van der Waals surface area contributed by atoms with Crippen LogP contribution in [0.4, 0.5) is 0 Å². The normalized spacial score (nSPS) is 22.1. The van der Waals surface area contributed by atoms with Gasteiger partial charge >= 0.3 is 0 Å². The van der Waals surface area contributed by atoms with Crippen LogP contribution in [0, 0.1) is 6.92 Å². The van der Waals surface area contributed by atoms with E-state index >= 15 is 0 Å². The number of pyridine rings is 1. The van der Waals surface area contributed by atoms with Crippen molar-refractivity contribution in [3.05, 3.63) is 39.8 Å². The standard InChI is InChI=1S/C24H31N5O4/c1-15-11-21-19(13-18(15)23(30)25-4-5-28-6-9-32-10-7-28)22-20(24(31)27-21)14-26-29(22)17-3-8-33-16(2)12-17/h11,13-14,16-17H,3-10,12H2,1-2H3,(H,25,30)(H,27,31)/t16-,17?/m0/s1. The summed E-state index contributed by atoms with van der Waals surface area (Å²) in [4.78, 5) is 31.1. The van der Waals surface area contributed by atoms with E-state index in [-0.39, 0.29) is 23.6 Å². The third-order valence-corrected chi connectivity index (χ3v) is 6.77. The second-order valence-corrected chi connectivity index (χ2v) is 9.09. The average molecular weight is 454 g/mol. The molecule has 2 aromatic heterocycles. The zero-order valence-electron chi connectivity index (χ0n) is 19.2. The van der Waals surface area contributed by atoms with Crippen molar-refractivity contribution in [1.29, 1.82) is 0 Å². The molecule has 2 fully saturated rings. The topological polar surface area (TPSA) is 101 Å². The Labute approximate surface area is 192 Å². The first kappa shape index (κ1) is 22.1. The van der Waals surface area contributed by atoms with E-state index in [0.717, 1.165) is 67.7 Å². The number of carbonyl (C=O) groups is 1. The Bertz CT molecular complexity index is 1230. The van der Waals surface area contributed by atoms with Gasteiger partial charge in [-0.25, -0.2) is 0 Å². The first-order chi connectivity index (χ1) is 16.0. The fourth-order valence-electron chi connectivity index (χ4n) is 4.96. The zero-order valence-corrected chi connectivity index (χ0v) is 19.2. The molecule has 1 aromatic carbocycles. The van der Waals surface area contributed by atoms with Gasteiger partial charge in [0.25, 0.3) is 11.5 Å². The first-order valence-corrected chi connectivity index (χ1v) is 11.7. The quantitative estimate of drug-likeness (QED) is 0.613. The summed E-state index contributed by atoms with van der Waals surface area (Å²) in [6.07, 6.45) is 3.46. The number of amides is 1. The van der Waals surface area contributed by atoms with Gasteiger partial charge in [0.05, 0.1) is 48.0 Å². The molecular formula is C24H31N5O4. The number of benzene rings is 1. The van der Waals surface area contributed by atoms with Crippen molar-refractivity contribution in [2.24, 2.45) is 0 Å². The molecule has 5 rings (SSSR count). The van der Waals surface area contributed by atoms with E-state index in [1.54, 1.807) is 6.20 Å². The van der Waals surface area contributed by atoms with Gasteiger partial charge in [0.2, 0.25) is 0 Å². The summed E-state index contributed by atoms with van der Waals surface area (Å²) in [6.45, 7) is 9.28. The molecule has 2 aliphatic rings. The number of nitrogens with zero attached hydrogens (tertiary/aromatic N) is 3. The Morgan fingerprint density at radius 1 is 1.24 bits per heavy atom. The maximum atomic E-state index is 13.1. The highest BCUT2D eigenvalue weighted by atomic mass is 16.5. The molecule has 0 bridgehead atoms. The lowest BCUT2D eigenvalue weighted by Gasteiger charge is -2.28. The number of aromatic amines is 1. The Morgan fingerprint density at radius 2 is 2.06 bits per heavy atom. The minimum atomic E-state index is -0.161. The Balaban J connectivity index is 1.47. The number of rotatable bonds is 5. The molecule has 0 spiro atoms. The predicted molar refractivity (Wildman–Crippen MR) is 126 cm³/mol. The van der Waals surface area contributed by atoms with Gasteiger partial charge in [-0.3, -0.25) is 19.2 Å². The van der Waals surface area contributed by atoms with Crippen molar-refractivity contribution < 1.29 is 14.3 Å². The van der Waals surface area contributed by atoms with Crippen molar-refractivity contribution in [3.8, 4) is 0 Å². The number of carbonyl (C=O) groups excluding carboxylic acids is 1. The molecule has 1 unspecified atom stereocenters. The lowest BCUT2D eigenvalue weighted by Crippen LogP contribution is -2.41. The number of nitrogens with one attached hydrogen (secondary N) is 2. The maximum Gasteiger partial charge on any atom is 0.259 e. The fourth-order valence-corrected chi connectivity index (χ4v) is 4.96. The van der Waals surface area contributed by atoms with Crippen LogP contribution in [0.25, 0.3) is 21.8 Å². The highest BCUT2D eigenvalue weighted by molar-refractivity contribution is 6.07. The fraction of sp³-hybridized carbons (Fsp3) is 0.542. The number of morpholine rings is 1. The van der Waals surface area contributed by atoms with Crippen molar-refractivity contribution in [2.45, 2.75) is 38.8 Å². The van der Waals surface area contributed by atoms with Crippen LogP contribution in [0.1, 0.15) is 41.7 Å². The van der Waals surface area contributed by atoms with Crippen LogP contribution >= 0.6 is 0 Å². The van der Waals surface area contributed by atoms with Gasteiger partial charge < -0.3 is 19.8 Å².